The molecule has 3 fully saturated rings. The lowest BCUT2D eigenvalue weighted by Crippen LogP contribution is -2.60. The number of amides is 3. The van der Waals surface area contributed by atoms with Gasteiger partial charge in [0, 0.05) is 50.8 Å². The Morgan fingerprint density at radius 2 is 1.59 bits per heavy atom. The molecule has 184 valence electrons. The monoisotopic (exact) mass is 449 g/mol. The number of carbonyl (C=O) groups excluding carboxylic acids is 2. The van der Waals surface area contributed by atoms with Crippen LogP contribution in [0.4, 0.5) is 4.79 Å². The van der Waals surface area contributed by atoms with Crippen LogP contribution >= 0.6 is 0 Å². The van der Waals surface area contributed by atoms with Crippen LogP contribution in [-0.4, -0.2) is 90.1 Å². The zero-order valence-electron chi connectivity index (χ0n) is 21.0. The van der Waals surface area contributed by atoms with E-state index in [1.165, 1.54) is 38.6 Å². The first-order chi connectivity index (χ1) is 15.2. The highest BCUT2D eigenvalue weighted by Gasteiger charge is 2.37. The molecule has 2 unspecified atom stereocenters. The van der Waals surface area contributed by atoms with Gasteiger partial charge >= 0.3 is 6.03 Å². The van der Waals surface area contributed by atoms with Gasteiger partial charge in [-0.05, 0) is 72.3 Å². The summed E-state index contributed by atoms with van der Waals surface area (Å²) in [5.41, 5.74) is -0.230. The summed E-state index contributed by atoms with van der Waals surface area (Å²) in [7, 11) is 0. The third-order valence-electron chi connectivity index (χ3n) is 7.45. The van der Waals surface area contributed by atoms with E-state index in [-0.39, 0.29) is 23.5 Å². The van der Waals surface area contributed by atoms with E-state index in [4.69, 9.17) is 0 Å². The highest BCUT2D eigenvalue weighted by atomic mass is 16.2. The second-order valence-electron chi connectivity index (χ2n) is 11.2. The summed E-state index contributed by atoms with van der Waals surface area (Å²) >= 11 is 0. The SMILES string of the molecule is CC1CCCCN1CCCNC(=O)C(C1CCCC1)N1CCN(C(=O)NC(C)(C)C)CC1. The second kappa shape index (κ2) is 11.7. The number of hydrogen-bond acceptors (Lipinski definition) is 4. The Balaban J connectivity index is 1.48. The Morgan fingerprint density at radius 3 is 2.22 bits per heavy atom. The van der Waals surface area contributed by atoms with Crippen molar-refractivity contribution in [3.63, 3.8) is 0 Å². The van der Waals surface area contributed by atoms with E-state index in [2.05, 4.69) is 27.4 Å². The number of piperazine rings is 1. The first kappa shape index (κ1) is 25.3. The maximum atomic E-state index is 13.3. The van der Waals surface area contributed by atoms with Gasteiger partial charge < -0.3 is 20.4 Å². The van der Waals surface area contributed by atoms with Crippen LogP contribution in [0.15, 0.2) is 0 Å². The van der Waals surface area contributed by atoms with E-state index in [1.54, 1.807) is 0 Å². The molecule has 2 N–H and O–H groups in total. The lowest BCUT2D eigenvalue weighted by molar-refractivity contribution is -0.129. The molecule has 7 heteroatoms. The Morgan fingerprint density at radius 1 is 0.938 bits per heavy atom. The molecule has 2 aliphatic heterocycles. The Bertz CT molecular complexity index is 606. The maximum Gasteiger partial charge on any atom is 0.317 e. The van der Waals surface area contributed by atoms with Crippen LogP contribution in [0.5, 0.6) is 0 Å². The van der Waals surface area contributed by atoms with Crippen LogP contribution in [0, 0.1) is 5.92 Å². The molecule has 0 spiro atoms. The van der Waals surface area contributed by atoms with Crippen LogP contribution in [0.2, 0.25) is 0 Å². The highest BCUT2D eigenvalue weighted by Crippen LogP contribution is 2.31. The zero-order chi connectivity index (χ0) is 23.1. The first-order valence-electron chi connectivity index (χ1n) is 13.1. The largest absolute Gasteiger partial charge is 0.355 e. The molecule has 2 saturated heterocycles. The summed E-state index contributed by atoms with van der Waals surface area (Å²) < 4.78 is 0. The minimum Gasteiger partial charge on any atom is -0.355 e. The smallest absolute Gasteiger partial charge is 0.317 e. The fourth-order valence-electron chi connectivity index (χ4n) is 5.64. The molecule has 0 aromatic carbocycles. The number of nitrogens with one attached hydrogen (secondary N) is 2. The molecular weight excluding hydrogens is 402 g/mol. The molecule has 2 atom stereocenters. The van der Waals surface area contributed by atoms with Crippen LogP contribution in [0.25, 0.3) is 0 Å². The van der Waals surface area contributed by atoms with Crippen molar-refractivity contribution in [2.45, 2.75) is 96.7 Å². The van der Waals surface area contributed by atoms with Gasteiger partial charge in [0.15, 0.2) is 0 Å². The molecule has 3 aliphatic rings. The Hall–Kier alpha value is -1.34. The van der Waals surface area contributed by atoms with E-state index < -0.39 is 0 Å². The fraction of sp³-hybridized carbons (Fsp3) is 0.920. The van der Waals surface area contributed by atoms with Gasteiger partial charge in [-0.3, -0.25) is 9.69 Å². The maximum absolute atomic E-state index is 13.3. The van der Waals surface area contributed by atoms with Gasteiger partial charge in [0.05, 0.1) is 6.04 Å². The molecule has 0 aromatic rings. The van der Waals surface area contributed by atoms with Crippen molar-refractivity contribution in [2.24, 2.45) is 5.92 Å². The molecule has 2 heterocycles. The average molecular weight is 450 g/mol. The summed E-state index contributed by atoms with van der Waals surface area (Å²) in [4.78, 5) is 32.6. The van der Waals surface area contributed by atoms with Gasteiger partial charge in [-0.25, -0.2) is 4.79 Å². The van der Waals surface area contributed by atoms with Crippen molar-refractivity contribution in [3.8, 4) is 0 Å². The van der Waals surface area contributed by atoms with Crippen molar-refractivity contribution in [1.29, 1.82) is 0 Å². The Kier molecular flexibility index (Phi) is 9.23. The second-order valence-corrected chi connectivity index (χ2v) is 11.2. The summed E-state index contributed by atoms with van der Waals surface area (Å²) in [5, 5.41) is 6.34. The summed E-state index contributed by atoms with van der Waals surface area (Å²) in [6.07, 6.45) is 9.74. The van der Waals surface area contributed by atoms with Crippen molar-refractivity contribution in [3.05, 3.63) is 0 Å². The third-order valence-corrected chi connectivity index (χ3v) is 7.45. The van der Waals surface area contributed by atoms with Gasteiger partial charge in [0.2, 0.25) is 5.91 Å². The molecule has 32 heavy (non-hydrogen) atoms. The van der Waals surface area contributed by atoms with E-state index in [0.717, 1.165) is 45.4 Å². The summed E-state index contributed by atoms with van der Waals surface area (Å²) in [6, 6.07) is 0.641. The van der Waals surface area contributed by atoms with E-state index in [1.807, 2.05) is 25.7 Å². The van der Waals surface area contributed by atoms with Crippen LogP contribution in [-0.2, 0) is 4.79 Å². The quantitative estimate of drug-likeness (QED) is 0.586. The van der Waals surface area contributed by atoms with Crippen LogP contribution in [0.3, 0.4) is 0 Å². The number of piperidine rings is 1. The summed E-state index contributed by atoms with van der Waals surface area (Å²) in [6.45, 7) is 14.3. The van der Waals surface area contributed by atoms with E-state index in [9.17, 15) is 9.59 Å². The molecule has 1 aliphatic carbocycles. The molecule has 0 bridgehead atoms. The zero-order valence-corrected chi connectivity index (χ0v) is 21.0. The first-order valence-corrected chi connectivity index (χ1v) is 13.1. The number of likely N-dealkylation sites (tertiary alicyclic amines) is 1. The van der Waals surface area contributed by atoms with Crippen LogP contribution in [0.1, 0.15) is 79.1 Å². The topological polar surface area (TPSA) is 67.9 Å². The minimum absolute atomic E-state index is 0.00552. The lowest BCUT2D eigenvalue weighted by atomic mass is 9.95. The molecular formula is C25H47N5O2. The molecule has 7 nitrogen and oxygen atoms in total. The number of carbonyl (C=O) groups is 2. The van der Waals surface area contributed by atoms with Gasteiger partial charge in [-0.2, -0.15) is 0 Å². The standard InChI is InChI=1S/C25H47N5O2/c1-20-10-7-8-14-28(20)15-9-13-26-23(31)22(21-11-5-6-12-21)29-16-18-30(19-17-29)24(32)27-25(2,3)4/h20-22H,5-19H2,1-4H3,(H,26,31)(H,27,32). The number of nitrogens with zero attached hydrogens (tertiary/aromatic N) is 3. The predicted octanol–water partition coefficient (Wildman–Crippen LogP) is 3.05. The molecule has 0 radical (unpaired) electrons. The molecule has 3 rings (SSSR count). The Labute approximate surface area is 195 Å². The lowest BCUT2D eigenvalue weighted by Gasteiger charge is -2.41. The molecule has 0 aromatic heterocycles. The number of urea groups is 1. The van der Waals surface area contributed by atoms with Gasteiger partial charge in [0.1, 0.15) is 0 Å². The normalized spacial score (nSPS) is 25.0. The average Bonchev–Trinajstić information content (AvgIpc) is 3.26. The molecule has 3 amide bonds. The number of hydrogen-bond donors (Lipinski definition) is 2. The minimum atomic E-state index is -0.230. The van der Waals surface area contributed by atoms with Gasteiger partial charge in [0.25, 0.3) is 0 Å². The van der Waals surface area contributed by atoms with Crippen LogP contribution < -0.4 is 10.6 Å². The number of rotatable bonds is 7. The highest BCUT2D eigenvalue weighted by molar-refractivity contribution is 5.82. The van der Waals surface area contributed by atoms with Crippen molar-refractivity contribution < 1.29 is 9.59 Å². The van der Waals surface area contributed by atoms with Crippen molar-refractivity contribution in [1.82, 2.24) is 25.3 Å². The van der Waals surface area contributed by atoms with Gasteiger partial charge in [-0.1, -0.05) is 19.3 Å². The molecule has 1 saturated carbocycles. The fourth-order valence-corrected chi connectivity index (χ4v) is 5.64. The van der Waals surface area contributed by atoms with E-state index >= 15 is 0 Å². The van der Waals surface area contributed by atoms with Gasteiger partial charge in [-0.15, -0.1) is 0 Å². The van der Waals surface area contributed by atoms with Crippen molar-refractivity contribution >= 4 is 11.9 Å². The predicted molar refractivity (Wildman–Crippen MR) is 130 cm³/mol. The third kappa shape index (κ3) is 7.34. The van der Waals surface area contributed by atoms with E-state index in [0.29, 0.717) is 25.0 Å². The summed E-state index contributed by atoms with van der Waals surface area (Å²) in [5.74, 6) is 0.656. The van der Waals surface area contributed by atoms with Crippen molar-refractivity contribution in [2.75, 3.05) is 45.8 Å².